The van der Waals surface area contributed by atoms with E-state index in [1.165, 1.54) is 42.6 Å². The summed E-state index contributed by atoms with van der Waals surface area (Å²) in [5, 5.41) is 3.38. The SMILES string of the molecule is O=C(NCc1ccc(S(=O)(=O)c2ccccc2OC(F)(F)F)cc1)c1cc2ccncc2o1. The highest BCUT2D eigenvalue weighted by Gasteiger charge is 2.34. The monoisotopic (exact) mass is 476 g/mol. The largest absolute Gasteiger partial charge is 0.573 e. The lowest BCUT2D eigenvalue weighted by atomic mass is 10.2. The second kappa shape index (κ2) is 8.58. The van der Waals surface area contributed by atoms with E-state index in [1.807, 2.05) is 0 Å². The molecule has 0 aliphatic heterocycles. The number of para-hydroxylation sites is 1. The first kappa shape index (κ1) is 22.3. The van der Waals surface area contributed by atoms with Crippen LogP contribution in [0.4, 0.5) is 13.2 Å². The molecular weight excluding hydrogens is 461 g/mol. The van der Waals surface area contributed by atoms with E-state index in [0.717, 1.165) is 17.5 Å². The van der Waals surface area contributed by atoms with Gasteiger partial charge in [0.1, 0.15) is 10.6 Å². The number of alkyl halides is 3. The molecule has 11 heteroatoms. The Morgan fingerprint density at radius 1 is 1.06 bits per heavy atom. The van der Waals surface area contributed by atoms with Crippen molar-refractivity contribution in [2.75, 3.05) is 0 Å². The molecule has 2 aromatic carbocycles. The zero-order valence-electron chi connectivity index (χ0n) is 16.7. The lowest BCUT2D eigenvalue weighted by Crippen LogP contribution is -2.22. The minimum Gasteiger partial charge on any atom is -0.449 e. The maximum atomic E-state index is 12.9. The number of halogens is 3. The van der Waals surface area contributed by atoms with Crippen LogP contribution in [0.5, 0.6) is 5.75 Å². The number of nitrogens with one attached hydrogen (secondary N) is 1. The molecule has 2 aromatic heterocycles. The molecule has 170 valence electrons. The molecule has 0 aliphatic carbocycles. The summed E-state index contributed by atoms with van der Waals surface area (Å²) in [5.41, 5.74) is 1.03. The number of benzene rings is 2. The number of amides is 1. The van der Waals surface area contributed by atoms with Crippen LogP contribution >= 0.6 is 0 Å². The number of furan rings is 1. The number of carbonyl (C=O) groups excluding carboxylic acids is 1. The van der Waals surface area contributed by atoms with Crippen molar-refractivity contribution in [1.29, 1.82) is 0 Å². The Balaban J connectivity index is 1.48. The molecule has 0 fully saturated rings. The second-order valence-corrected chi connectivity index (χ2v) is 8.77. The van der Waals surface area contributed by atoms with Crippen LogP contribution in [0.1, 0.15) is 16.1 Å². The summed E-state index contributed by atoms with van der Waals surface area (Å²) in [6.07, 6.45) is -1.98. The summed E-state index contributed by atoms with van der Waals surface area (Å²) in [6, 6.07) is 13.2. The van der Waals surface area contributed by atoms with Gasteiger partial charge in [-0.05, 0) is 42.0 Å². The smallest absolute Gasteiger partial charge is 0.449 e. The van der Waals surface area contributed by atoms with Crippen molar-refractivity contribution < 1.29 is 35.5 Å². The Morgan fingerprint density at radius 2 is 1.79 bits per heavy atom. The van der Waals surface area contributed by atoms with Crippen LogP contribution in [0.25, 0.3) is 11.0 Å². The molecular formula is C22H15F3N2O5S. The normalized spacial score (nSPS) is 12.0. The van der Waals surface area contributed by atoms with Crippen molar-refractivity contribution >= 4 is 26.7 Å². The van der Waals surface area contributed by atoms with E-state index >= 15 is 0 Å². The Bertz CT molecular complexity index is 1380. The standard InChI is InChI=1S/C22H15F3N2O5S/c23-22(24,25)32-17-3-1-2-4-20(17)33(29,30)16-7-5-14(6-8-16)12-27-21(28)18-11-15-9-10-26-13-19(15)31-18/h1-11,13H,12H2,(H,27,28). The Morgan fingerprint density at radius 3 is 2.48 bits per heavy atom. The minimum absolute atomic E-state index is 0.0717. The minimum atomic E-state index is -5.04. The number of ether oxygens (including phenoxy) is 1. The third-order valence-electron chi connectivity index (χ3n) is 4.60. The number of rotatable bonds is 6. The van der Waals surface area contributed by atoms with Crippen molar-refractivity contribution in [1.82, 2.24) is 10.3 Å². The lowest BCUT2D eigenvalue weighted by molar-refractivity contribution is -0.275. The van der Waals surface area contributed by atoms with Crippen molar-refractivity contribution in [3.05, 3.63) is 84.4 Å². The van der Waals surface area contributed by atoms with E-state index in [2.05, 4.69) is 15.0 Å². The summed E-state index contributed by atoms with van der Waals surface area (Å²) < 4.78 is 72.9. The molecule has 0 atom stereocenters. The molecule has 2 heterocycles. The molecule has 0 saturated heterocycles. The van der Waals surface area contributed by atoms with Gasteiger partial charge in [0.2, 0.25) is 9.84 Å². The van der Waals surface area contributed by atoms with Crippen LogP contribution in [0.2, 0.25) is 0 Å². The molecule has 0 unspecified atom stereocenters. The zero-order chi connectivity index (χ0) is 23.6. The Hall–Kier alpha value is -3.86. The molecule has 0 bridgehead atoms. The summed E-state index contributed by atoms with van der Waals surface area (Å²) in [7, 11) is -4.28. The number of aromatic nitrogens is 1. The third kappa shape index (κ3) is 4.98. The third-order valence-corrected chi connectivity index (χ3v) is 6.41. The quantitative estimate of drug-likeness (QED) is 0.440. The van der Waals surface area contributed by atoms with Gasteiger partial charge in [0, 0.05) is 18.1 Å². The molecule has 4 rings (SSSR count). The highest BCUT2D eigenvalue weighted by molar-refractivity contribution is 7.91. The van der Waals surface area contributed by atoms with Crippen molar-refractivity contribution in [2.24, 2.45) is 0 Å². The fourth-order valence-electron chi connectivity index (χ4n) is 3.06. The van der Waals surface area contributed by atoms with E-state index < -0.39 is 32.8 Å². The number of nitrogens with zero attached hydrogens (tertiary/aromatic N) is 1. The van der Waals surface area contributed by atoms with Gasteiger partial charge in [0.15, 0.2) is 11.3 Å². The van der Waals surface area contributed by atoms with Gasteiger partial charge < -0.3 is 14.5 Å². The van der Waals surface area contributed by atoms with Crippen LogP contribution in [-0.2, 0) is 16.4 Å². The first-order chi connectivity index (χ1) is 15.6. The fourth-order valence-corrected chi connectivity index (χ4v) is 4.44. The van der Waals surface area contributed by atoms with E-state index in [1.54, 1.807) is 18.3 Å². The zero-order valence-corrected chi connectivity index (χ0v) is 17.5. The first-order valence-electron chi connectivity index (χ1n) is 9.44. The maximum absolute atomic E-state index is 12.9. The predicted octanol–water partition coefficient (Wildman–Crippen LogP) is 4.49. The topological polar surface area (TPSA) is 98.5 Å². The highest BCUT2D eigenvalue weighted by atomic mass is 32.2. The molecule has 7 nitrogen and oxygen atoms in total. The Kier molecular flexibility index (Phi) is 5.81. The van der Waals surface area contributed by atoms with Gasteiger partial charge in [-0.2, -0.15) is 0 Å². The molecule has 0 spiro atoms. The molecule has 1 N–H and O–H groups in total. The maximum Gasteiger partial charge on any atom is 0.573 e. The van der Waals surface area contributed by atoms with Crippen molar-refractivity contribution in [3.63, 3.8) is 0 Å². The number of carbonyl (C=O) groups is 1. The molecule has 0 saturated carbocycles. The Labute approximate surface area is 185 Å². The summed E-state index contributed by atoms with van der Waals surface area (Å²) in [4.78, 5) is 15.4. The van der Waals surface area contributed by atoms with E-state index in [9.17, 15) is 26.4 Å². The van der Waals surface area contributed by atoms with Gasteiger partial charge in [-0.15, -0.1) is 13.2 Å². The number of hydrogen-bond donors (Lipinski definition) is 1. The van der Waals surface area contributed by atoms with Crippen molar-refractivity contribution in [2.45, 2.75) is 22.7 Å². The average molecular weight is 476 g/mol. The van der Waals surface area contributed by atoms with Crippen LogP contribution in [0.3, 0.4) is 0 Å². The van der Waals surface area contributed by atoms with Gasteiger partial charge in [-0.1, -0.05) is 24.3 Å². The predicted molar refractivity (Wildman–Crippen MR) is 110 cm³/mol. The molecule has 0 radical (unpaired) electrons. The lowest BCUT2D eigenvalue weighted by Gasteiger charge is -2.13. The van der Waals surface area contributed by atoms with Gasteiger partial charge >= 0.3 is 6.36 Å². The van der Waals surface area contributed by atoms with Crippen LogP contribution in [0.15, 0.2) is 87.3 Å². The molecule has 1 amide bonds. The number of fused-ring (bicyclic) bond motifs is 1. The van der Waals surface area contributed by atoms with E-state index in [4.69, 9.17) is 4.42 Å². The summed E-state index contributed by atoms with van der Waals surface area (Å²) in [5.74, 6) is -1.19. The van der Waals surface area contributed by atoms with E-state index in [0.29, 0.717) is 11.1 Å². The first-order valence-corrected chi connectivity index (χ1v) is 10.9. The van der Waals surface area contributed by atoms with Crippen LogP contribution < -0.4 is 10.1 Å². The van der Waals surface area contributed by atoms with Crippen molar-refractivity contribution in [3.8, 4) is 5.75 Å². The van der Waals surface area contributed by atoms with Gasteiger partial charge in [-0.3, -0.25) is 9.78 Å². The van der Waals surface area contributed by atoms with Gasteiger partial charge in [0.05, 0.1) is 11.1 Å². The van der Waals surface area contributed by atoms with Gasteiger partial charge in [0.25, 0.3) is 5.91 Å². The number of pyridine rings is 1. The van der Waals surface area contributed by atoms with Crippen LogP contribution in [0, 0.1) is 0 Å². The fraction of sp³-hybridized carbons (Fsp3) is 0.0909. The van der Waals surface area contributed by atoms with E-state index in [-0.39, 0.29) is 17.2 Å². The molecule has 0 aliphatic rings. The highest BCUT2D eigenvalue weighted by Crippen LogP contribution is 2.33. The van der Waals surface area contributed by atoms with Gasteiger partial charge in [-0.25, -0.2) is 8.42 Å². The number of hydrogen-bond acceptors (Lipinski definition) is 6. The molecule has 4 aromatic rings. The number of sulfone groups is 1. The summed E-state index contributed by atoms with van der Waals surface area (Å²) in [6.45, 7) is 0.0717. The van der Waals surface area contributed by atoms with Crippen LogP contribution in [-0.4, -0.2) is 25.7 Å². The summed E-state index contributed by atoms with van der Waals surface area (Å²) >= 11 is 0. The second-order valence-electron chi connectivity index (χ2n) is 6.85. The molecule has 33 heavy (non-hydrogen) atoms. The average Bonchev–Trinajstić information content (AvgIpc) is 3.21.